The van der Waals surface area contributed by atoms with Gasteiger partial charge in [-0.2, -0.15) is 0 Å². The molecule has 0 radical (unpaired) electrons. The molecule has 104 valence electrons. The minimum absolute atomic E-state index is 0.0619. The van der Waals surface area contributed by atoms with Gasteiger partial charge < -0.3 is 4.74 Å². The molecule has 2 rings (SSSR count). The zero-order valence-electron chi connectivity index (χ0n) is 10.4. The third-order valence-electron chi connectivity index (χ3n) is 2.76. The van der Waals surface area contributed by atoms with Crippen molar-refractivity contribution >= 4 is 38.5 Å². The van der Waals surface area contributed by atoms with Crippen LogP contribution in [0.1, 0.15) is 23.7 Å². The van der Waals surface area contributed by atoms with Gasteiger partial charge in [0, 0.05) is 10.2 Å². The molecule has 0 aromatic heterocycles. The number of hydrogen-bond acceptors (Lipinski definition) is 4. The zero-order chi connectivity index (χ0) is 14.0. The van der Waals surface area contributed by atoms with Gasteiger partial charge in [0.05, 0.1) is 18.7 Å². The minimum Gasteiger partial charge on any atom is -0.380 e. The van der Waals surface area contributed by atoms with Crippen LogP contribution in [-0.4, -0.2) is 38.4 Å². The van der Waals surface area contributed by atoms with Gasteiger partial charge in [0.15, 0.2) is 0 Å². The number of hydrogen-bond donors (Lipinski definition) is 0. The standard InChI is InChI=1S/C12H14INO4S/c1-2-6-18-7-5-14-12(15)10-4-3-9(13)8-11(10)19(14,16)17/h3-4,8H,2,5-7H2,1H3. The Morgan fingerprint density at radius 2 is 2.05 bits per heavy atom. The molecule has 7 heteroatoms. The van der Waals surface area contributed by atoms with Crippen molar-refractivity contribution in [2.24, 2.45) is 0 Å². The number of carbonyl (C=O) groups is 1. The molecule has 1 aliphatic heterocycles. The molecule has 0 N–H and O–H groups in total. The van der Waals surface area contributed by atoms with Crippen LogP contribution in [0, 0.1) is 3.57 Å². The summed E-state index contributed by atoms with van der Waals surface area (Å²) in [5.74, 6) is -0.466. The molecule has 1 amide bonds. The molecule has 1 aliphatic rings. The highest BCUT2D eigenvalue weighted by Gasteiger charge is 2.40. The van der Waals surface area contributed by atoms with E-state index in [-0.39, 0.29) is 23.6 Å². The SMILES string of the molecule is CCCOCCN1C(=O)c2ccc(I)cc2S1(=O)=O. The number of sulfonamides is 1. The lowest BCUT2D eigenvalue weighted by Gasteiger charge is -2.14. The predicted octanol–water partition coefficient (Wildman–Crippen LogP) is 1.86. The Bertz CT molecular complexity index is 600. The molecule has 1 aromatic carbocycles. The third-order valence-corrected chi connectivity index (χ3v) is 5.25. The fourth-order valence-electron chi connectivity index (χ4n) is 1.86. The second-order valence-corrected chi connectivity index (χ2v) is 7.21. The first-order valence-corrected chi connectivity index (χ1v) is 8.44. The molecule has 0 saturated heterocycles. The largest absolute Gasteiger partial charge is 0.380 e. The number of nitrogens with zero attached hydrogens (tertiary/aromatic N) is 1. The molecule has 19 heavy (non-hydrogen) atoms. The Kier molecular flexibility index (Phi) is 4.46. The maximum Gasteiger partial charge on any atom is 0.269 e. The van der Waals surface area contributed by atoms with Crippen molar-refractivity contribution in [3.8, 4) is 0 Å². The van der Waals surface area contributed by atoms with E-state index in [4.69, 9.17) is 4.74 Å². The van der Waals surface area contributed by atoms with Gasteiger partial charge in [-0.3, -0.25) is 4.79 Å². The van der Waals surface area contributed by atoms with Crippen molar-refractivity contribution in [2.75, 3.05) is 19.8 Å². The molecular formula is C12H14INO4S. The van der Waals surface area contributed by atoms with Crippen LogP contribution >= 0.6 is 22.6 Å². The van der Waals surface area contributed by atoms with Gasteiger partial charge in [0.2, 0.25) is 0 Å². The molecule has 5 nitrogen and oxygen atoms in total. The lowest BCUT2D eigenvalue weighted by atomic mass is 10.2. The van der Waals surface area contributed by atoms with Crippen LogP contribution in [0.15, 0.2) is 23.1 Å². The van der Waals surface area contributed by atoms with E-state index in [1.54, 1.807) is 12.1 Å². The normalized spacial score (nSPS) is 16.7. The van der Waals surface area contributed by atoms with E-state index in [9.17, 15) is 13.2 Å². The van der Waals surface area contributed by atoms with Crippen molar-refractivity contribution in [2.45, 2.75) is 18.2 Å². The second-order valence-electron chi connectivity index (χ2n) is 4.14. The van der Waals surface area contributed by atoms with Gasteiger partial charge in [-0.15, -0.1) is 0 Å². The quantitative estimate of drug-likeness (QED) is 0.564. The smallest absolute Gasteiger partial charge is 0.269 e. The molecule has 0 spiro atoms. The van der Waals surface area contributed by atoms with Crippen molar-refractivity contribution < 1.29 is 17.9 Å². The Morgan fingerprint density at radius 1 is 1.32 bits per heavy atom. The molecule has 1 aromatic rings. The molecule has 0 aliphatic carbocycles. The lowest BCUT2D eigenvalue weighted by Crippen LogP contribution is -2.33. The highest BCUT2D eigenvalue weighted by atomic mass is 127. The summed E-state index contributed by atoms with van der Waals surface area (Å²) in [6, 6.07) is 4.81. The average Bonchev–Trinajstić information content (AvgIpc) is 2.54. The predicted molar refractivity (Wildman–Crippen MR) is 78.5 cm³/mol. The number of halogens is 1. The van der Waals surface area contributed by atoms with Gasteiger partial charge in [-0.25, -0.2) is 12.7 Å². The summed E-state index contributed by atoms with van der Waals surface area (Å²) >= 11 is 2.02. The summed E-state index contributed by atoms with van der Waals surface area (Å²) in [4.78, 5) is 12.2. The van der Waals surface area contributed by atoms with Crippen LogP contribution in [-0.2, 0) is 14.8 Å². The van der Waals surface area contributed by atoms with Crippen molar-refractivity contribution in [3.63, 3.8) is 0 Å². The van der Waals surface area contributed by atoms with Crippen LogP contribution < -0.4 is 0 Å². The first kappa shape index (κ1) is 14.7. The van der Waals surface area contributed by atoms with E-state index >= 15 is 0 Å². The van der Waals surface area contributed by atoms with E-state index in [1.165, 1.54) is 6.07 Å². The molecule has 0 unspecified atom stereocenters. The Balaban J connectivity index is 2.23. The number of amides is 1. The summed E-state index contributed by atoms with van der Waals surface area (Å²) in [6.45, 7) is 2.82. The summed E-state index contributed by atoms with van der Waals surface area (Å²) in [6.07, 6.45) is 0.860. The van der Waals surface area contributed by atoms with Crippen LogP contribution in [0.25, 0.3) is 0 Å². The van der Waals surface area contributed by atoms with Gasteiger partial charge in [-0.1, -0.05) is 6.92 Å². The molecule has 0 fully saturated rings. The number of fused-ring (bicyclic) bond motifs is 1. The maximum absolute atomic E-state index is 12.3. The van der Waals surface area contributed by atoms with Crippen molar-refractivity contribution in [1.82, 2.24) is 4.31 Å². The van der Waals surface area contributed by atoms with Crippen LogP contribution in [0.4, 0.5) is 0 Å². The summed E-state index contributed by atoms with van der Waals surface area (Å²) in [5.41, 5.74) is 0.246. The van der Waals surface area contributed by atoms with Gasteiger partial charge in [0.1, 0.15) is 4.90 Å². The van der Waals surface area contributed by atoms with E-state index in [2.05, 4.69) is 0 Å². The number of rotatable bonds is 5. The van der Waals surface area contributed by atoms with Crippen LogP contribution in [0.3, 0.4) is 0 Å². The maximum atomic E-state index is 12.3. The molecule has 0 atom stereocenters. The van der Waals surface area contributed by atoms with E-state index < -0.39 is 15.9 Å². The monoisotopic (exact) mass is 395 g/mol. The zero-order valence-corrected chi connectivity index (χ0v) is 13.4. The van der Waals surface area contributed by atoms with E-state index in [0.29, 0.717) is 6.61 Å². The molecule has 1 heterocycles. The first-order chi connectivity index (χ1) is 8.98. The minimum atomic E-state index is -3.71. The average molecular weight is 395 g/mol. The fourth-order valence-corrected chi connectivity index (χ4v) is 4.14. The van der Waals surface area contributed by atoms with Crippen molar-refractivity contribution in [1.29, 1.82) is 0 Å². The Labute approximate surface area is 126 Å². The summed E-state index contributed by atoms with van der Waals surface area (Å²) in [5, 5.41) is 0. The van der Waals surface area contributed by atoms with Gasteiger partial charge in [0.25, 0.3) is 15.9 Å². The number of ether oxygens (including phenoxy) is 1. The number of carbonyl (C=O) groups excluding carboxylic acids is 1. The molecular weight excluding hydrogens is 381 g/mol. The topological polar surface area (TPSA) is 63.7 Å². The summed E-state index contributed by atoms with van der Waals surface area (Å²) < 4.78 is 31.4. The summed E-state index contributed by atoms with van der Waals surface area (Å²) in [7, 11) is -3.71. The first-order valence-electron chi connectivity index (χ1n) is 5.93. The van der Waals surface area contributed by atoms with Crippen LogP contribution in [0.2, 0.25) is 0 Å². The second kappa shape index (κ2) is 5.76. The highest BCUT2D eigenvalue weighted by molar-refractivity contribution is 14.1. The lowest BCUT2D eigenvalue weighted by molar-refractivity contribution is 0.0798. The van der Waals surface area contributed by atoms with Gasteiger partial charge in [-0.05, 0) is 47.2 Å². The third kappa shape index (κ3) is 2.77. The van der Waals surface area contributed by atoms with E-state index in [0.717, 1.165) is 14.3 Å². The highest BCUT2D eigenvalue weighted by Crippen LogP contribution is 2.31. The Hall–Kier alpha value is -0.670. The van der Waals surface area contributed by atoms with Gasteiger partial charge >= 0.3 is 0 Å². The fraction of sp³-hybridized carbons (Fsp3) is 0.417. The van der Waals surface area contributed by atoms with Crippen molar-refractivity contribution in [3.05, 3.63) is 27.3 Å². The van der Waals surface area contributed by atoms with E-state index in [1.807, 2.05) is 29.5 Å². The molecule has 0 bridgehead atoms. The Morgan fingerprint density at radius 3 is 2.74 bits per heavy atom. The van der Waals surface area contributed by atoms with Crippen LogP contribution in [0.5, 0.6) is 0 Å². The number of benzene rings is 1. The molecule has 0 saturated carbocycles.